The predicted molar refractivity (Wildman–Crippen MR) is 41.2 cm³/mol. The molecule has 0 aliphatic carbocycles. The van der Waals surface area contributed by atoms with Gasteiger partial charge in [0.2, 0.25) is 11.3 Å². The fraction of sp³-hybridized carbons (Fsp3) is 1.00. The van der Waals surface area contributed by atoms with Crippen molar-refractivity contribution < 1.29 is 18.2 Å². The highest BCUT2D eigenvalue weighted by Crippen LogP contribution is 1.95. The molecule has 1 atom stereocenters. The second-order valence-corrected chi connectivity index (χ2v) is 2.62. The average Bonchev–Trinajstić information content (AvgIpc) is 1.98. The van der Waals surface area contributed by atoms with E-state index in [0.29, 0.717) is 13.0 Å². The van der Waals surface area contributed by atoms with E-state index < -0.39 is 11.3 Å². The van der Waals surface area contributed by atoms with Crippen molar-refractivity contribution >= 4 is 11.3 Å². The van der Waals surface area contributed by atoms with Crippen molar-refractivity contribution in [2.24, 2.45) is 0 Å². The first-order valence-corrected chi connectivity index (χ1v) is 4.21. The molecule has 0 bridgehead atoms. The molecule has 0 radical (unpaired) electrons. The summed E-state index contributed by atoms with van der Waals surface area (Å²) in [5.74, 6) is 0. The van der Waals surface area contributed by atoms with Crippen LogP contribution in [0.25, 0.3) is 0 Å². The van der Waals surface area contributed by atoms with Gasteiger partial charge >= 0.3 is 0 Å². The molecule has 0 aromatic heterocycles. The molecule has 6 heteroatoms. The molecule has 0 aliphatic heterocycles. The number of ether oxygens (including phenoxy) is 2. The van der Waals surface area contributed by atoms with Gasteiger partial charge in [0.25, 0.3) is 0 Å². The van der Waals surface area contributed by atoms with Gasteiger partial charge in [-0.05, 0) is 0 Å². The van der Waals surface area contributed by atoms with Crippen LogP contribution in [0.15, 0.2) is 0 Å². The minimum atomic E-state index is -1.95. The molecule has 2 N–H and O–H groups in total. The van der Waals surface area contributed by atoms with E-state index in [1.807, 2.05) is 0 Å². The Morgan fingerprint density at radius 1 is 1.55 bits per heavy atom. The van der Waals surface area contributed by atoms with Crippen molar-refractivity contribution in [1.82, 2.24) is 4.72 Å². The van der Waals surface area contributed by atoms with Crippen LogP contribution >= 0.6 is 0 Å². The van der Waals surface area contributed by atoms with Crippen molar-refractivity contribution in [2.45, 2.75) is 12.7 Å². The van der Waals surface area contributed by atoms with Gasteiger partial charge in [0.05, 0.1) is 0 Å². The molecule has 1 unspecified atom stereocenters. The van der Waals surface area contributed by atoms with E-state index in [2.05, 4.69) is 4.72 Å². The van der Waals surface area contributed by atoms with Crippen LogP contribution in [0.2, 0.25) is 0 Å². The Bertz CT molecular complexity index is 117. The van der Waals surface area contributed by atoms with Gasteiger partial charge in [0, 0.05) is 27.2 Å². The highest BCUT2D eigenvalue weighted by Gasteiger charge is 2.03. The zero-order valence-corrected chi connectivity index (χ0v) is 7.39. The summed E-state index contributed by atoms with van der Waals surface area (Å²) in [6.45, 7) is 0.384. The molecule has 68 valence electrons. The SMILES string of the molecule is COC(CCNS(=O)O)OC. The monoisotopic (exact) mass is 183 g/mol. The van der Waals surface area contributed by atoms with Gasteiger partial charge < -0.3 is 9.47 Å². The summed E-state index contributed by atoms with van der Waals surface area (Å²) in [5.41, 5.74) is 0. The topological polar surface area (TPSA) is 67.8 Å². The number of methoxy groups -OCH3 is 2. The quantitative estimate of drug-likeness (QED) is 0.439. The van der Waals surface area contributed by atoms with Gasteiger partial charge in [-0.1, -0.05) is 0 Å². The Morgan fingerprint density at radius 3 is 2.45 bits per heavy atom. The van der Waals surface area contributed by atoms with Crippen LogP contribution in [0.1, 0.15) is 6.42 Å². The minimum Gasteiger partial charge on any atom is -0.356 e. The summed E-state index contributed by atoms with van der Waals surface area (Å²) >= 11 is -1.95. The van der Waals surface area contributed by atoms with Gasteiger partial charge in [-0.2, -0.15) is 0 Å². The lowest BCUT2D eigenvalue weighted by molar-refractivity contribution is -0.104. The zero-order chi connectivity index (χ0) is 8.69. The molecule has 0 aliphatic rings. The second kappa shape index (κ2) is 6.68. The summed E-state index contributed by atoms with van der Waals surface area (Å²) in [5, 5.41) is 0. The number of rotatable bonds is 6. The lowest BCUT2D eigenvalue weighted by atomic mass is 10.4. The Balaban J connectivity index is 3.28. The van der Waals surface area contributed by atoms with Crippen LogP contribution in [0.5, 0.6) is 0 Å². The molecule has 0 heterocycles. The highest BCUT2D eigenvalue weighted by atomic mass is 32.2. The maximum atomic E-state index is 10.1. The standard InChI is InChI=1S/C5H13NO4S/c1-9-5(10-2)3-4-6-11(7)8/h5-6H,3-4H2,1-2H3,(H,7,8). The Morgan fingerprint density at radius 2 is 2.09 bits per heavy atom. The molecule has 0 rings (SSSR count). The Kier molecular flexibility index (Phi) is 6.68. The third-order valence-corrected chi connectivity index (χ3v) is 1.58. The van der Waals surface area contributed by atoms with Gasteiger partial charge in [-0.3, -0.25) is 4.55 Å². The first-order chi connectivity index (χ1) is 5.20. The first kappa shape index (κ1) is 11.0. The van der Waals surface area contributed by atoms with Crippen LogP contribution in [0.3, 0.4) is 0 Å². The van der Waals surface area contributed by atoms with Crippen LogP contribution in [0.4, 0.5) is 0 Å². The molecule has 0 aromatic carbocycles. The Hall–Kier alpha value is -0.0100. The number of hydrogen-bond donors (Lipinski definition) is 2. The molecule has 0 saturated heterocycles. The van der Waals surface area contributed by atoms with Gasteiger partial charge in [-0.15, -0.1) is 0 Å². The molecule has 0 saturated carbocycles. The summed E-state index contributed by atoms with van der Waals surface area (Å²) in [6, 6.07) is 0. The number of hydrogen-bond acceptors (Lipinski definition) is 3. The van der Waals surface area contributed by atoms with Crippen LogP contribution < -0.4 is 4.72 Å². The fourth-order valence-electron chi connectivity index (χ4n) is 0.596. The van der Waals surface area contributed by atoms with E-state index >= 15 is 0 Å². The van der Waals surface area contributed by atoms with Crippen LogP contribution in [-0.4, -0.2) is 35.8 Å². The van der Waals surface area contributed by atoms with Crippen LogP contribution in [-0.2, 0) is 20.7 Å². The van der Waals surface area contributed by atoms with Crippen LogP contribution in [0, 0.1) is 0 Å². The molecule has 0 spiro atoms. The van der Waals surface area contributed by atoms with E-state index in [0.717, 1.165) is 0 Å². The van der Waals surface area contributed by atoms with Gasteiger partial charge in [0.1, 0.15) is 0 Å². The van der Waals surface area contributed by atoms with Gasteiger partial charge in [0.15, 0.2) is 6.29 Å². The number of nitrogens with one attached hydrogen (secondary N) is 1. The van der Waals surface area contributed by atoms with E-state index in [1.54, 1.807) is 0 Å². The Labute approximate surface area is 68.5 Å². The van der Waals surface area contributed by atoms with Crippen molar-refractivity contribution in [1.29, 1.82) is 0 Å². The maximum Gasteiger partial charge on any atom is 0.231 e. The zero-order valence-electron chi connectivity index (χ0n) is 6.57. The van der Waals surface area contributed by atoms with Crippen molar-refractivity contribution in [3.05, 3.63) is 0 Å². The van der Waals surface area contributed by atoms with E-state index in [-0.39, 0.29) is 6.29 Å². The van der Waals surface area contributed by atoms with E-state index in [9.17, 15) is 4.21 Å². The van der Waals surface area contributed by atoms with Crippen molar-refractivity contribution in [3.8, 4) is 0 Å². The predicted octanol–water partition coefficient (Wildman–Crippen LogP) is -0.278. The molecule has 0 amide bonds. The maximum absolute atomic E-state index is 10.1. The average molecular weight is 183 g/mol. The molecule has 5 nitrogen and oxygen atoms in total. The molecule has 11 heavy (non-hydrogen) atoms. The van der Waals surface area contributed by atoms with E-state index in [1.165, 1.54) is 14.2 Å². The summed E-state index contributed by atoms with van der Waals surface area (Å²) in [6.07, 6.45) is 0.227. The second-order valence-electron chi connectivity index (χ2n) is 1.83. The summed E-state index contributed by atoms with van der Waals surface area (Å²) in [4.78, 5) is 0. The lowest BCUT2D eigenvalue weighted by Gasteiger charge is -2.11. The van der Waals surface area contributed by atoms with E-state index in [4.69, 9.17) is 14.0 Å². The minimum absolute atomic E-state index is 0.314. The summed E-state index contributed by atoms with van der Waals surface area (Å²) < 4.78 is 30.4. The third kappa shape index (κ3) is 6.39. The normalized spacial score (nSPS) is 13.8. The molecule has 0 fully saturated rings. The first-order valence-electron chi connectivity index (χ1n) is 3.10. The molecule has 0 aromatic rings. The van der Waals surface area contributed by atoms with Crippen molar-refractivity contribution in [3.63, 3.8) is 0 Å². The molecular weight excluding hydrogens is 170 g/mol. The van der Waals surface area contributed by atoms with Crippen molar-refractivity contribution in [2.75, 3.05) is 20.8 Å². The lowest BCUT2D eigenvalue weighted by Crippen LogP contribution is -2.24. The van der Waals surface area contributed by atoms with Gasteiger partial charge in [-0.25, -0.2) is 8.93 Å². The third-order valence-electron chi connectivity index (χ3n) is 1.13. The largest absolute Gasteiger partial charge is 0.356 e. The smallest absolute Gasteiger partial charge is 0.231 e. The molecular formula is C5H13NO4S. The summed E-state index contributed by atoms with van der Waals surface area (Å²) in [7, 11) is 3.04. The fourth-order valence-corrected chi connectivity index (χ4v) is 0.888. The highest BCUT2D eigenvalue weighted by molar-refractivity contribution is 7.77.